The van der Waals surface area contributed by atoms with Crippen LogP contribution in [-0.2, 0) is 16.6 Å². The van der Waals surface area contributed by atoms with E-state index in [9.17, 15) is 9.59 Å². The number of carbonyl (C=O) groups is 2. The van der Waals surface area contributed by atoms with Gasteiger partial charge in [-0.2, -0.15) is 0 Å². The number of benzene rings is 1. The molecule has 3 amide bonds. The second-order valence-electron chi connectivity index (χ2n) is 6.92. The summed E-state index contributed by atoms with van der Waals surface area (Å²) in [7, 11) is 0. The Morgan fingerprint density at radius 2 is 2.00 bits per heavy atom. The Morgan fingerprint density at radius 1 is 1.12 bits per heavy atom. The highest BCUT2D eigenvalue weighted by Crippen LogP contribution is 2.59. The standard InChI is InChI=1S/C19H17N3O3/c23-16-11-21-18(24)22(16)13-4-5-15(20-10-13)25-14-3-1-2-12-6-7-19(8-9-19)17(12)14/h1-5,10H,6-9,11H2,(H,21,24). The van der Waals surface area contributed by atoms with Gasteiger partial charge in [0.15, 0.2) is 0 Å². The first-order chi connectivity index (χ1) is 12.2. The van der Waals surface area contributed by atoms with Crippen LogP contribution in [0.5, 0.6) is 11.6 Å². The van der Waals surface area contributed by atoms with Gasteiger partial charge in [-0.05, 0) is 48.8 Å². The summed E-state index contributed by atoms with van der Waals surface area (Å²) in [5.74, 6) is 1.06. The fourth-order valence-electron chi connectivity index (χ4n) is 3.98. The third kappa shape index (κ3) is 2.21. The van der Waals surface area contributed by atoms with E-state index in [0.29, 0.717) is 17.0 Å². The zero-order chi connectivity index (χ0) is 17.0. The molecule has 0 bridgehead atoms. The minimum atomic E-state index is -0.419. The average molecular weight is 335 g/mol. The van der Waals surface area contributed by atoms with Gasteiger partial charge in [-0.1, -0.05) is 12.1 Å². The molecule has 25 heavy (non-hydrogen) atoms. The SMILES string of the molecule is O=C1CNC(=O)N1c1ccc(Oc2cccc3c2C2(CC3)CC2)nc1. The molecule has 2 heterocycles. The van der Waals surface area contributed by atoms with Crippen LogP contribution in [0.1, 0.15) is 30.4 Å². The number of hydrogen-bond donors (Lipinski definition) is 1. The lowest BCUT2D eigenvalue weighted by Crippen LogP contribution is -2.30. The minimum absolute atomic E-state index is 0.0231. The van der Waals surface area contributed by atoms with Gasteiger partial charge in [-0.25, -0.2) is 14.7 Å². The molecule has 1 N–H and O–H groups in total. The molecule has 2 aromatic rings. The number of carbonyl (C=O) groups excluding carboxylic acids is 2. The van der Waals surface area contributed by atoms with Crippen molar-refractivity contribution in [3.05, 3.63) is 47.7 Å². The number of nitrogens with zero attached hydrogens (tertiary/aromatic N) is 2. The second kappa shape index (κ2) is 5.05. The molecule has 1 aromatic carbocycles. The molecule has 2 aliphatic carbocycles. The third-order valence-electron chi connectivity index (χ3n) is 5.41. The normalized spacial score (nSPS) is 19.9. The Kier molecular flexibility index (Phi) is 2.92. The number of hydrogen-bond acceptors (Lipinski definition) is 4. The Hall–Kier alpha value is -2.89. The van der Waals surface area contributed by atoms with Crippen LogP contribution in [0.4, 0.5) is 10.5 Å². The van der Waals surface area contributed by atoms with Crippen molar-refractivity contribution in [1.29, 1.82) is 0 Å². The fraction of sp³-hybridized carbons (Fsp3) is 0.316. The van der Waals surface area contributed by atoms with E-state index < -0.39 is 6.03 Å². The molecular weight excluding hydrogens is 318 g/mol. The molecule has 0 unspecified atom stereocenters. The Bertz CT molecular complexity index is 871. The van der Waals surface area contributed by atoms with Gasteiger partial charge < -0.3 is 10.1 Å². The lowest BCUT2D eigenvalue weighted by atomic mass is 9.97. The molecule has 1 saturated carbocycles. The number of urea groups is 1. The van der Waals surface area contributed by atoms with E-state index in [0.717, 1.165) is 17.1 Å². The summed E-state index contributed by atoms with van der Waals surface area (Å²) in [5.41, 5.74) is 3.50. The summed E-state index contributed by atoms with van der Waals surface area (Å²) in [4.78, 5) is 28.8. The molecule has 126 valence electrons. The van der Waals surface area contributed by atoms with E-state index >= 15 is 0 Å². The summed E-state index contributed by atoms with van der Waals surface area (Å²) in [6, 6.07) is 9.17. The number of fused-ring (bicyclic) bond motifs is 2. The summed E-state index contributed by atoms with van der Waals surface area (Å²) < 4.78 is 6.05. The lowest BCUT2D eigenvalue weighted by molar-refractivity contribution is -0.115. The highest BCUT2D eigenvalue weighted by atomic mass is 16.5. The van der Waals surface area contributed by atoms with Crippen molar-refractivity contribution in [3.8, 4) is 11.6 Å². The molecule has 1 spiro atoms. The molecule has 1 saturated heterocycles. The predicted octanol–water partition coefficient (Wildman–Crippen LogP) is 2.91. The van der Waals surface area contributed by atoms with Gasteiger partial charge in [-0.15, -0.1) is 0 Å². The Labute approximate surface area is 144 Å². The van der Waals surface area contributed by atoms with Gasteiger partial charge >= 0.3 is 6.03 Å². The highest BCUT2D eigenvalue weighted by Gasteiger charge is 2.50. The maximum Gasteiger partial charge on any atom is 0.329 e. The summed E-state index contributed by atoms with van der Waals surface area (Å²) >= 11 is 0. The van der Waals surface area contributed by atoms with Gasteiger partial charge in [0.25, 0.3) is 5.91 Å². The van der Waals surface area contributed by atoms with Crippen molar-refractivity contribution in [2.75, 3.05) is 11.4 Å². The molecule has 3 aliphatic rings. The van der Waals surface area contributed by atoms with Crippen LogP contribution in [-0.4, -0.2) is 23.5 Å². The van der Waals surface area contributed by atoms with E-state index in [4.69, 9.17) is 4.74 Å². The van der Waals surface area contributed by atoms with Crippen LogP contribution in [0, 0.1) is 0 Å². The van der Waals surface area contributed by atoms with E-state index in [1.807, 2.05) is 12.1 Å². The summed E-state index contributed by atoms with van der Waals surface area (Å²) in [6.07, 6.45) is 6.29. The fourth-order valence-corrected chi connectivity index (χ4v) is 3.98. The molecule has 2 fully saturated rings. The van der Waals surface area contributed by atoms with Crippen LogP contribution >= 0.6 is 0 Å². The Balaban J connectivity index is 1.42. The average Bonchev–Trinajstić information content (AvgIpc) is 3.19. The second-order valence-corrected chi connectivity index (χ2v) is 6.92. The van der Waals surface area contributed by atoms with E-state index in [1.54, 1.807) is 12.1 Å². The molecule has 6 heteroatoms. The number of ether oxygens (including phenoxy) is 1. The van der Waals surface area contributed by atoms with Crippen LogP contribution < -0.4 is 15.0 Å². The number of rotatable bonds is 3. The van der Waals surface area contributed by atoms with Gasteiger partial charge in [0.1, 0.15) is 5.75 Å². The van der Waals surface area contributed by atoms with Gasteiger partial charge in [0.05, 0.1) is 18.4 Å². The molecule has 0 radical (unpaired) electrons. The van der Waals surface area contributed by atoms with Crippen molar-refractivity contribution in [2.24, 2.45) is 0 Å². The minimum Gasteiger partial charge on any atom is -0.439 e. The molecule has 1 aliphatic heterocycles. The first kappa shape index (κ1) is 14.5. The number of aryl methyl sites for hydroxylation is 1. The molecule has 6 nitrogen and oxygen atoms in total. The number of amides is 3. The predicted molar refractivity (Wildman–Crippen MR) is 90.9 cm³/mol. The Morgan fingerprint density at radius 3 is 2.68 bits per heavy atom. The van der Waals surface area contributed by atoms with Crippen molar-refractivity contribution in [2.45, 2.75) is 31.1 Å². The lowest BCUT2D eigenvalue weighted by Gasteiger charge is -2.16. The zero-order valence-corrected chi connectivity index (χ0v) is 13.6. The number of pyridine rings is 1. The van der Waals surface area contributed by atoms with Gasteiger partial charge in [-0.3, -0.25) is 4.79 Å². The highest BCUT2D eigenvalue weighted by molar-refractivity contribution is 6.19. The first-order valence-corrected chi connectivity index (χ1v) is 8.53. The molecule has 1 aromatic heterocycles. The van der Waals surface area contributed by atoms with Crippen LogP contribution in [0.3, 0.4) is 0 Å². The monoisotopic (exact) mass is 335 g/mol. The maximum atomic E-state index is 11.8. The van der Waals surface area contributed by atoms with Crippen LogP contribution in [0.25, 0.3) is 0 Å². The van der Waals surface area contributed by atoms with E-state index in [-0.39, 0.29) is 12.5 Å². The van der Waals surface area contributed by atoms with Gasteiger partial charge in [0.2, 0.25) is 5.88 Å². The van der Waals surface area contributed by atoms with Crippen molar-refractivity contribution >= 4 is 17.6 Å². The molecular formula is C19H17N3O3. The van der Waals surface area contributed by atoms with Crippen molar-refractivity contribution < 1.29 is 14.3 Å². The maximum absolute atomic E-state index is 11.8. The van der Waals surface area contributed by atoms with Crippen molar-refractivity contribution in [1.82, 2.24) is 10.3 Å². The molecule has 5 rings (SSSR count). The van der Waals surface area contributed by atoms with Crippen molar-refractivity contribution in [3.63, 3.8) is 0 Å². The largest absolute Gasteiger partial charge is 0.439 e. The first-order valence-electron chi connectivity index (χ1n) is 8.53. The third-order valence-corrected chi connectivity index (χ3v) is 5.41. The number of aromatic nitrogens is 1. The smallest absolute Gasteiger partial charge is 0.329 e. The summed E-state index contributed by atoms with van der Waals surface area (Å²) in [6.45, 7) is 0.0231. The quantitative estimate of drug-likeness (QED) is 0.876. The summed E-state index contributed by atoms with van der Waals surface area (Å²) in [5, 5.41) is 2.49. The molecule has 0 atom stereocenters. The van der Waals surface area contributed by atoms with E-state index in [2.05, 4.69) is 16.4 Å². The van der Waals surface area contributed by atoms with Crippen LogP contribution in [0.2, 0.25) is 0 Å². The van der Waals surface area contributed by atoms with Gasteiger partial charge in [0, 0.05) is 11.6 Å². The number of anilines is 1. The number of imide groups is 1. The van der Waals surface area contributed by atoms with E-state index in [1.165, 1.54) is 36.6 Å². The topological polar surface area (TPSA) is 71.5 Å². The number of nitrogens with one attached hydrogen (secondary N) is 1. The zero-order valence-electron chi connectivity index (χ0n) is 13.6. The van der Waals surface area contributed by atoms with Crippen LogP contribution in [0.15, 0.2) is 36.5 Å².